The van der Waals surface area contributed by atoms with Crippen molar-refractivity contribution in [3.8, 4) is 0 Å². The lowest BCUT2D eigenvalue weighted by atomic mass is 10.2. The molecule has 116 valence electrons. The maximum atomic E-state index is 12.1. The molecule has 1 aliphatic rings. The van der Waals surface area contributed by atoms with Crippen LogP contribution in [0.1, 0.15) is 20.3 Å². The van der Waals surface area contributed by atoms with Crippen molar-refractivity contribution in [3.63, 3.8) is 0 Å². The summed E-state index contributed by atoms with van der Waals surface area (Å²) >= 11 is 1.58. The number of carbonyl (C=O) groups excluding carboxylic acids is 1. The standard InChI is InChI=1S/C13H25N3O3S/c1-4-15-6-7-16(9-10(15)2)13(19)14-11(12(17)18)5-8-20-3/h10-11H,4-9H2,1-3H3,(H,14,19)(H,17,18)/t10?,11-/m0/s1. The van der Waals surface area contributed by atoms with Crippen LogP contribution in [0.5, 0.6) is 0 Å². The minimum absolute atomic E-state index is 0.263. The molecule has 1 heterocycles. The molecule has 0 aromatic carbocycles. The zero-order valence-electron chi connectivity index (χ0n) is 12.5. The van der Waals surface area contributed by atoms with Gasteiger partial charge in [-0.3, -0.25) is 4.90 Å². The van der Waals surface area contributed by atoms with Crippen LogP contribution in [0, 0.1) is 0 Å². The number of likely N-dealkylation sites (N-methyl/N-ethyl adjacent to an activating group) is 1. The van der Waals surface area contributed by atoms with Crippen molar-refractivity contribution in [1.29, 1.82) is 0 Å². The SMILES string of the molecule is CCN1CCN(C(=O)N[C@@H](CCSC)C(=O)O)CC1C. The number of piperazine rings is 1. The molecule has 0 radical (unpaired) electrons. The highest BCUT2D eigenvalue weighted by molar-refractivity contribution is 7.98. The van der Waals surface area contributed by atoms with Crippen molar-refractivity contribution in [3.05, 3.63) is 0 Å². The summed E-state index contributed by atoms with van der Waals surface area (Å²) in [7, 11) is 0. The van der Waals surface area contributed by atoms with E-state index < -0.39 is 12.0 Å². The van der Waals surface area contributed by atoms with Crippen LogP contribution in [-0.2, 0) is 4.79 Å². The van der Waals surface area contributed by atoms with Gasteiger partial charge in [-0.1, -0.05) is 6.92 Å². The minimum atomic E-state index is -0.965. The lowest BCUT2D eigenvalue weighted by Gasteiger charge is -2.39. The molecule has 1 saturated heterocycles. The molecular formula is C13H25N3O3S. The number of urea groups is 1. The topological polar surface area (TPSA) is 72.9 Å². The Morgan fingerprint density at radius 1 is 1.45 bits per heavy atom. The summed E-state index contributed by atoms with van der Waals surface area (Å²) in [6.07, 6.45) is 2.37. The average molecular weight is 303 g/mol. The number of nitrogens with zero attached hydrogens (tertiary/aromatic N) is 2. The molecule has 0 bridgehead atoms. The number of hydrogen-bond acceptors (Lipinski definition) is 4. The van der Waals surface area contributed by atoms with Crippen molar-refractivity contribution in [2.75, 3.05) is 38.2 Å². The van der Waals surface area contributed by atoms with Gasteiger partial charge < -0.3 is 15.3 Å². The van der Waals surface area contributed by atoms with Gasteiger partial charge in [0.1, 0.15) is 6.04 Å². The maximum absolute atomic E-state index is 12.1. The summed E-state index contributed by atoms with van der Waals surface area (Å²) in [6.45, 7) is 7.31. The van der Waals surface area contributed by atoms with Crippen molar-refractivity contribution in [2.24, 2.45) is 0 Å². The number of carboxylic acids is 1. The minimum Gasteiger partial charge on any atom is -0.480 e. The lowest BCUT2D eigenvalue weighted by Crippen LogP contribution is -2.57. The molecular weight excluding hydrogens is 278 g/mol. The Hall–Kier alpha value is -0.950. The molecule has 0 aliphatic carbocycles. The second-order valence-corrected chi connectivity index (χ2v) is 6.03. The monoisotopic (exact) mass is 303 g/mol. The predicted octanol–water partition coefficient (Wildman–Crippen LogP) is 0.928. The molecule has 1 unspecified atom stereocenters. The number of hydrogen-bond donors (Lipinski definition) is 2. The predicted molar refractivity (Wildman–Crippen MR) is 81.2 cm³/mol. The Morgan fingerprint density at radius 3 is 2.65 bits per heavy atom. The first-order chi connectivity index (χ1) is 9.49. The van der Waals surface area contributed by atoms with Crippen molar-refractivity contribution < 1.29 is 14.7 Å². The summed E-state index contributed by atoms with van der Waals surface area (Å²) in [5, 5.41) is 11.8. The quantitative estimate of drug-likeness (QED) is 0.763. The third-order valence-electron chi connectivity index (χ3n) is 3.66. The van der Waals surface area contributed by atoms with Gasteiger partial charge in [-0.2, -0.15) is 11.8 Å². The summed E-state index contributed by atoms with van der Waals surface area (Å²) in [5.41, 5.74) is 0. The van der Waals surface area contributed by atoms with Crippen LogP contribution in [0.15, 0.2) is 0 Å². The van der Waals surface area contributed by atoms with E-state index in [9.17, 15) is 9.59 Å². The van der Waals surface area contributed by atoms with E-state index in [0.717, 1.165) is 18.8 Å². The van der Waals surface area contributed by atoms with Crippen molar-refractivity contribution in [1.82, 2.24) is 15.1 Å². The molecule has 0 saturated carbocycles. The molecule has 6 nitrogen and oxygen atoms in total. The van der Waals surface area contributed by atoms with Gasteiger partial charge in [0, 0.05) is 25.7 Å². The highest BCUT2D eigenvalue weighted by Gasteiger charge is 2.28. The fraction of sp³-hybridized carbons (Fsp3) is 0.846. The molecule has 1 rings (SSSR count). The third kappa shape index (κ3) is 4.86. The van der Waals surface area contributed by atoms with Gasteiger partial charge in [-0.25, -0.2) is 9.59 Å². The van der Waals surface area contributed by atoms with Crippen LogP contribution in [0.4, 0.5) is 4.79 Å². The van der Waals surface area contributed by atoms with Gasteiger partial charge in [0.15, 0.2) is 0 Å². The molecule has 0 aromatic rings. The highest BCUT2D eigenvalue weighted by atomic mass is 32.2. The van der Waals surface area contributed by atoms with E-state index in [1.54, 1.807) is 16.7 Å². The van der Waals surface area contributed by atoms with E-state index in [0.29, 0.717) is 25.6 Å². The van der Waals surface area contributed by atoms with Crippen LogP contribution < -0.4 is 5.32 Å². The summed E-state index contributed by atoms with van der Waals surface area (Å²) in [4.78, 5) is 27.3. The number of carbonyl (C=O) groups is 2. The largest absolute Gasteiger partial charge is 0.480 e. The van der Waals surface area contributed by atoms with E-state index in [4.69, 9.17) is 5.11 Å². The number of thioether (sulfide) groups is 1. The summed E-state index contributed by atoms with van der Waals surface area (Å²) < 4.78 is 0. The first kappa shape index (κ1) is 17.1. The van der Waals surface area contributed by atoms with Gasteiger partial charge in [0.05, 0.1) is 0 Å². The van der Waals surface area contributed by atoms with Gasteiger partial charge in [0.2, 0.25) is 0 Å². The number of aliphatic carboxylic acids is 1. The van der Waals surface area contributed by atoms with Crippen LogP contribution >= 0.6 is 11.8 Å². The van der Waals surface area contributed by atoms with E-state index in [1.165, 1.54) is 0 Å². The molecule has 2 atom stereocenters. The van der Waals surface area contributed by atoms with Gasteiger partial charge >= 0.3 is 12.0 Å². The molecule has 20 heavy (non-hydrogen) atoms. The molecule has 2 N–H and O–H groups in total. The van der Waals surface area contributed by atoms with E-state index in [2.05, 4.69) is 24.1 Å². The molecule has 0 aromatic heterocycles. The van der Waals surface area contributed by atoms with Crippen molar-refractivity contribution in [2.45, 2.75) is 32.4 Å². The van der Waals surface area contributed by atoms with Crippen molar-refractivity contribution >= 4 is 23.8 Å². The van der Waals surface area contributed by atoms with Crippen LogP contribution in [0.25, 0.3) is 0 Å². The fourth-order valence-electron chi connectivity index (χ4n) is 2.38. The summed E-state index contributed by atoms with van der Waals surface area (Å²) in [5.74, 6) is -0.246. The normalized spacial score (nSPS) is 21.6. The molecule has 1 aliphatic heterocycles. The van der Waals surface area contributed by atoms with Crippen LogP contribution in [0.3, 0.4) is 0 Å². The zero-order valence-corrected chi connectivity index (χ0v) is 13.3. The lowest BCUT2D eigenvalue weighted by molar-refractivity contribution is -0.139. The fourth-order valence-corrected chi connectivity index (χ4v) is 2.85. The number of nitrogens with one attached hydrogen (secondary N) is 1. The zero-order chi connectivity index (χ0) is 15.1. The van der Waals surface area contributed by atoms with Crippen LogP contribution in [-0.4, -0.2) is 77.2 Å². The third-order valence-corrected chi connectivity index (χ3v) is 4.31. The second kappa shape index (κ2) is 8.36. The molecule has 1 fully saturated rings. The maximum Gasteiger partial charge on any atom is 0.326 e. The Kier molecular flexibility index (Phi) is 7.15. The first-order valence-corrected chi connectivity index (χ1v) is 8.40. The van der Waals surface area contributed by atoms with Gasteiger partial charge in [0.25, 0.3) is 0 Å². The van der Waals surface area contributed by atoms with Gasteiger partial charge in [-0.05, 0) is 31.9 Å². The van der Waals surface area contributed by atoms with E-state index >= 15 is 0 Å². The summed E-state index contributed by atoms with van der Waals surface area (Å²) in [6, 6.07) is -0.746. The number of carboxylic acid groups (broad SMARTS) is 1. The number of amides is 2. The molecule has 7 heteroatoms. The highest BCUT2D eigenvalue weighted by Crippen LogP contribution is 2.10. The number of rotatable bonds is 6. The van der Waals surface area contributed by atoms with Gasteiger partial charge in [-0.15, -0.1) is 0 Å². The average Bonchev–Trinajstić information content (AvgIpc) is 2.42. The Labute approximate surface area is 124 Å². The Morgan fingerprint density at radius 2 is 2.15 bits per heavy atom. The van der Waals surface area contributed by atoms with E-state index in [-0.39, 0.29) is 6.03 Å². The Bertz CT molecular complexity index is 341. The Balaban J connectivity index is 2.50. The van der Waals surface area contributed by atoms with E-state index in [1.807, 2.05) is 6.26 Å². The second-order valence-electron chi connectivity index (χ2n) is 5.05. The smallest absolute Gasteiger partial charge is 0.326 e. The first-order valence-electron chi connectivity index (χ1n) is 7.00. The molecule has 2 amide bonds. The van der Waals surface area contributed by atoms with Crippen LogP contribution in [0.2, 0.25) is 0 Å². The molecule has 0 spiro atoms.